The molecule has 0 heterocycles. The Morgan fingerprint density at radius 1 is 1.14 bits per heavy atom. The maximum atomic E-state index is 14.5. The number of benzene rings is 2. The molecule has 44 heavy (non-hydrogen) atoms. The van der Waals surface area contributed by atoms with Gasteiger partial charge in [0.1, 0.15) is 23.6 Å². The summed E-state index contributed by atoms with van der Waals surface area (Å²) in [5.41, 5.74) is 1.89. The molecule has 2 amide bonds. The number of rotatable bonds is 5. The normalized spacial score (nSPS) is 34.6. The van der Waals surface area contributed by atoms with Crippen molar-refractivity contribution in [1.82, 2.24) is 5.32 Å². The molecule has 0 radical (unpaired) electrons. The molecule has 0 bridgehead atoms. The molecule has 0 saturated heterocycles. The maximum absolute atomic E-state index is 14.5. The van der Waals surface area contributed by atoms with Crippen molar-refractivity contribution >= 4 is 23.4 Å². The van der Waals surface area contributed by atoms with Crippen LogP contribution < -0.4 is 11.1 Å². The summed E-state index contributed by atoms with van der Waals surface area (Å²) in [5.74, 6) is -8.70. The van der Waals surface area contributed by atoms with Gasteiger partial charge in [-0.25, -0.2) is 4.39 Å². The number of aliphatic hydroxyl groups excluding tert-OH is 2. The fourth-order valence-electron chi connectivity index (χ4n) is 8.90. The summed E-state index contributed by atoms with van der Waals surface area (Å²) >= 11 is 0. The van der Waals surface area contributed by atoms with Gasteiger partial charge in [-0.3, -0.25) is 19.2 Å². The first-order valence-electron chi connectivity index (χ1n) is 14.7. The number of hydrogen-bond acceptors (Lipinski definition) is 8. The summed E-state index contributed by atoms with van der Waals surface area (Å²) < 4.78 is 13.9. The molecular weight excluding hydrogens is 571 g/mol. The van der Waals surface area contributed by atoms with Crippen molar-refractivity contribution < 1.29 is 44.0 Å². The van der Waals surface area contributed by atoms with Gasteiger partial charge in [0.25, 0.3) is 0 Å². The van der Waals surface area contributed by atoms with E-state index in [1.807, 2.05) is 0 Å². The lowest BCUT2D eigenvalue weighted by Gasteiger charge is -2.66. The Bertz CT molecular complexity index is 1570. The molecule has 7 N–H and O–H groups in total. The highest BCUT2D eigenvalue weighted by atomic mass is 19.1. The van der Waals surface area contributed by atoms with Crippen molar-refractivity contribution in [2.24, 2.45) is 40.2 Å². The second-order valence-corrected chi connectivity index (χ2v) is 13.7. The van der Waals surface area contributed by atoms with Gasteiger partial charge in [-0.05, 0) is 65.0 Å². The van der Waals surface area contributed by atoms with Crippen LogP contribution in [0.3, 0.4) is 0 Å². The molecule has 11 heteroatoms. The molecule has 2 saturated carbocycles. The smallest absolute Gasteiger partial charge is 0.230 e. The fourth-order valence-corrected chi connectivity index (χ4v) is 8.90. The molecule has 236 valence electrons. The number of nitrogens with two attached hydrogens (primary N) is 1. The molecule has 2 aromatic rings. The number of carbonyl (C=O) groups is 4. The lowest BCUT2D eigenvalue weighted by atomic mass is 9.39. The number of ketones is 2. The number of phenolic OH excluding ortho intramolecular Hbond substituents is 1. The number of fused-ring (bicyclic) bond motifs is 3. The Morgan fingerprint density at radius 2 is 1.75 bits per heavy atom. The summed E-state index contributed by atoms with van der Waals surface area (Å²) in [6.45, 7) is 8.07. The second-order valence-electron chi connectivity index (χ2n) is 13.7. The number of carbonyl (C=O) groups excluding carboxylic acids is 4. The summed E-state index contributed by atoms with van der Waals surface area (Å²) in [7, 11) is 0. The SMILES string of the molecule is CC(=O)NCc1cc(-c2ccc(F)cc2)c2c(c1O)C(=O)[C@@H]1C(O)[C@@]3(O)C(=O)[C@H](C(N)=O)C(O)[C@H](C(C)C)[C@@]3(C)C[C@@]1(C)C2. The van der Waals surface area contributed by atoms with Crippen LogP contribution in [0.25, 0.3) is 11.1 Å². The first kappa shape index (κ1) is 31.7. The number of hydrogen-bond donors (Lipinski definition) is 6. The highest BCUT2D eigenvalue weighted by molar-refractivity contribution is 6.10. The minimum atomic E-state index is -2.62. The monoisotopic (exact) mass is 610 g/mol. The first-order chi connectivity index (χ1) is 20.4. The first-order valence-corrected chi connectivity index (χ1v) is 14.7. The van der Waals surface area contributed by atoms with Crippen molar-refractivity contribution in [1.29, 1.82) is 0 Å². The summed E-state index contributed by atoms with van der Waals surface area (Å²) in [4.78, 5) is 52.5. The Hall–Kier alpha value is -3.67. The Labute approximate surface area is 254 Å². The van der Waals surface area contributed by atoms with Crippen LogP contribution in [0.15, 0.2) is 30.3 Å². The van der Waals surface area contributed by atoms with Gasteiger partial charge in [0.2, 0.25) is 11.8 Å². The minimum Gasteiger partial charge on any atom is -0.507 e. The van der Waals surface area contributed by atoms with Gasteiger partial charge in [-0.1, -0.05) is 39.8 Å². The Kier molecular flexibility index (Phi) is 7.55. The highest BCUT2D eigenvalue weighted by Gasteiger charge is 2.76. The number of amides is 2. The van der Waals surface area contributed by atoms with Gasteiger partial charge in [0.05, 0.1) is 17.6 Å². The van der Waals surface area contributed by atoms with Gasteiger partial charge in [-0.2, -0.15) is 0 Å². The van der Waals surface area contributed by atoms with Gasteiger partial charge in [0, 0.05) is 24.4 Å². The highest BCUT2D eigenvalue weighted by Crippen LogP contribution is 2.66. The Morgan fingerprint density at radius 3 is 2.30 bits per heavy atom. The predicted octanol–water partition coefficient (Wildman–Crippen LogP) is 2.01. The van der Waals surface area contributed by atoms with Crippen LogP contribution in [0.2, 0.25) is 0 Å². The van der Waals surface area contributed by atoms with Gasteiger partial charge >= 0.3 is 0 Å². The number of aromatic hydroxyl groups is 1. The summed E-state index contributed by atoms with van der Waals surface area (Å²) in [6.07, 6.45) is -3.43. The molecule has 2 unspecified atom stereocenters. The molecule has 2 fully saturated rings. The van der Waals surface area contributed by atoms with Crippen molar-refractivity contribution in [3.8, 4) is 16.9 Å². The molecule has 0 aromatic heterocycles. The summed E-state index contributed by atoms with van der Waals surface area (Å²) in [6, 6.07) is 7.23. The molecule has 10 nitrogen and oxygen atoms in total. The molecule has 3 aliphatic rings. The topological polar surface area (TPSA) is 187 Å². The van der Waals surface area contributed by atoms with Crippen molar-refractivity contribution in [3.63, 3.8) is 0 Å². The van der Waals surface area contributed by atoms with Crippen molar-refractivity contribution in [2.45, 2.75) is 71.8 Å². The standard InChI is InChI=1S/C33H39FN2O8/c1-14(2)23-27(40)22(30(35)43)28(41)33(44)29(42)24-26(39)21-20(11-31(24,4)13-32(23,33)5)19(16-6-8-18(34)9-7-16)10-17(25(21)38)12-36-15(3)37/h6-10,14,22-24,27,29,38,40,42,44H,11-13H2,1-5H3,(H2,35,43)(H,36,37)/t22-,23+,24-,27?,29?,31-,32-,33+/m1/s1. The van der Waals surface area contributed by atoms with E-state index in [0.717, 1.165) is 0 Å². The van der Waals surface area contributed by atoms with Crippen LogP contribution in [0.1, 0.15) is 62.5 Å². The minimum absolute atomic E-state index is 0.00218. The number of nitrogens with one attached hydrogen (secondary N) is 1. The van der Waals surface area contributed by atoms with E-state index < -0.39 is 75.4 Å². The molecule has 2 aromatic carbocycles. The lowest BCUT2D eigenvalue weighted by molar-refractivity contribution is -0.265. The van der Waals surface area contributed by atoms with Gasteiger partial charge in [0.15, 0.2) is 17.2 Å². The maximum Gasteiger partial charge on any atom is 0.230 e. The molecule has 5 rings (SSSR count). The van der Waals surface area contributed by atoms with E-state index in [-0.39, 0.29) is 42.3 Å². The van der Waals surface area contributed by atoms with E-state index in [1.165, 1.54) is 31.2 Å². The van der Waals surface area contributed by atoms with Gasteiger partial charge < -0.3 is 31.5 Å². The summed E-state index contributed by atoms with van der Waals surface area (Å²) in [5, 5.41) is 49.6. The van der Waals surface area contributed by atoms with Crippen LogP contribution in [0.4, 0.5) is 4.39 Å². The van der Waals surface area contributed by atoms with E-state index in [1.54, 1.807) is 33.8 Å². The van der Waals surface area contributed by atoms with E-state index in [9.17, 15) is 44.0 Å². The molecule has 0 spiro atoms. The van der Waals surface area contributed by atoms with E-state index in [0.29, 0.717) is 16.7 Å². The number of phenols is 1. The van der Waals surface area contributed by atoms with Gasteiger partial charge in [-0.15, -0.1) is 0 Å². The molecule has 8 atom stereocenters. The van der Waals surface area contributed by atoms with Crippen molar-refractivity contribution in [3.05, 3.63) is 52.8 Å². The Balaban J connectivity index is 1.75. The number of aliphatic hydroxyl groups is 3. The van der Waals surface area contributed by atoms with E-state index >= 15 is 0 Å². The van der Waals surface area contributed by atoms with Crippen LogP contribution in [0, 0.1) is 40.3 Å². The molecule has 3 aliphatic carbocycles. The fraction of sp³-hybridized carbons (Fsp3) is 0.515. The zero-order valence-corrected chi connectivity index (χ0v) is 25.3. The van der Waals surface area contributed by atoms with Crippen LogP contribution in [-0.4, -0.2) is 61.6 Å². The number of Topliss-reactive ketones (excluding diaryl/α,β-unsaturated/α-hetero) is 2. The van der Waals surface area contributed by atoms with Crippen LogP contribution in [-0.2, 0) is 27.3 Å². The third-order valence-corrected chi connectivity index (χ3v) is 10.5. The number of primary amides is 1. The third kappa shape index (κ3) is 4.31. The van der Waals surface area contributed by atoms with Crippen LogP contribution >= 0.6 is 0 Å². The second kappa shape index (κ2) is 10.5. The largest absolute Gasteiger partial charge is 0.507 e. The quantitative estimate of drug-likeness (QED) is 0.277. The molecular formula is C33H39FN2O8. The average molecular weight is 611 g/mol. The zero-order chi connectivity index (χ0) is 32.7. The lowest BCUT2D eigenvalue weighted by Crippen LogP contribution is -2.79. The van der Waals surface area contributed by atoms with E-state index in [2.05, 4.69) is 5.32 Å². The third-order valence-electron chi connectivity index (χ3n) is 10.5. The van der Waals surface area contributed by atoms with Crippen molar-refractivity contribution in [2.75, 3.05) is 0 Å². The zero-order valence-electron chi connectivity index (χ0n) is 25.3. The van der Waals surface area contributed by atoms with Crippen LogP contribution in [0.5, 0.6) is 5.75 Å². The molecule has 0 aliphatic heterocycles. The van der Waals surface area contributed by atoms with E-state index in [4.69, 9.17) is 5.73 Å². The average Bonchev–Trinajstić information content (AvgIpc) is 2.90. The predicted molar refractivity (Wildman–Crippen MR) is 156 cm³/mol. The number of halogens is 1.